The number of nitrogens with one attached hydrogen (secondary N) is 1. The van der Waals surface area contributed by atoms with E-state index in [0.29, 0.717) is 27.9 Å². The molecule has 3 rings (SSSR count). The molecule has 0 unspecified atom stereocenters. The number of benzene rings is 1. The second-order valence-electron chi connectivity index (χ2n) is 6.72. The Morgan fingerprint density at radius 3 is 2.75 bits per heavy atom. The zero-order chi connectivity index (χ0) is 17.3. The molecule has 1 amide bonds. The lowest BCUT2D eigenvalue weighted by Crippen LogP contribution is -2.39. The molecule has 1 aromatic heterocycles. The summed E-state index contributed by atoms with van der Waals surface area (Å²) in [5, 5.41) is 3.88. The van der Waals surface area contributed by atoms with Crippen LogP contribution >= 0.6 is 11.6 Å². The molecule has 1 saturated carbocycles. The van der Waals surface area contributed by atoms with Gasteiger partial charge in [-0.15, -0.1) is 0 Å². The summed E-state index contributed by atoms with van der Waals surface area (Å²) in [4.78, 5) is 17.1. The maximum atomic E-state index is 13.7. The summed E-state index contributed by atoms with van der Waals surface area (Å²) in [6, 6.07) is 4.32. The van der Waals surface area contributed by atoms with Gasteiger partial charge in [-0.1, -0.05) is 30.9 Å². The zero-order valence-corrected chi connectivity index (χ0v) is 14.8. The maximum absolute atomic E-state index is 13.7. The van der Waals surface area contributed by atoms with Crippen molar-refractivity contribution < 1.29 is 9.18 Å². The van der Waals surface area contributed by atoms with Crippen LogP contribution in [0.3, 0.4) is 0 Å². The predicted molar refractivity (Wildman–Crippen MR) is 95.0 cm³/mol. The molecule has 1 atom stereocenters. The monoisotopic (exact) mass is 348 g/mol. The van der Waals surface area contributed by atoms with Gasteiger partial charge in [0.25, 0.3) is 5.91 Å². The van der Waals surface area contributed by atoms with Crippen LogP contribution in [0.1, 0.15) is 54.9 Å². The Morgan fingerprint density at radius 2 is 2.04 bits per heavy atom. The van der Waals surface area contributed by atoms with E-state index < -0.39 is 0 Å². The number of carbonyl (C=O) groups excluding carboxylic acids is 1. The van der Waals surface area contributed by atoms with E-state index in [4.69, 9.17) is 11.6 Å². The second kappa shape index (κ2) is 7.06. The number of hydrogen-bond acceptors (Lipinski definition) is 2. The van der Waals surface area contributed by atoms with Crippen molar-refractivity contribution >= 4 is 28.4 Å². The first-order chi connectivity index (χ1) is 11.5. The average Bonchev–Trinajstić information content (AvgIpc) is 2.57. The fourth-order valence-electron chi connectivity index (χ4n) is 3.62. The van der Waals surface area contributed by atoms with Gasteiger partial charge in [-0.25, -0.2) is 9.37 Å². The second-order valence-corrected chi connectivity index (χ2v) is 7.08. The van der Waals surface area contributed by atoms with Gasteiger partial charge in [0.05, 0.1) is 11.1 Å². The molecule has 0 spiro atoms. The van der Waals surface area contributed by atoms with Crippen molar-refractivity contribution in [3.05, 3.63) is 40.3 Å². The van der Waals surface area contributed by atoms with E-state index in [0.717, 1.165) is 12.8 Å². The van der Waals surface area contributed by atoms with Crippen molar-refractivity contribution in [2.24, 2.45) is 5.92 Å². The number of carbonyl (C=O) groups is 1. The van der Waals surface area contributed by atoms with E-state index in [1.54, 1.807) is 13.0 Å². The Balaban J connectivity index is 1.93. The lowest BCUT2D eigenvalue weighted by Gasteiger charge is -2.28. The van der Waals surface area contributed by atoms with Crippen LogP contribution in [0.25, 0.3) is 10.9 Å². The molecule has 128 valence electrons. The van der Waals surface area contributed by atoms with Crippen molar-refractivity contribution in [2.45, 2.75) is 52.0 Å². The summed E-state index contributed by atoms with van der Waals surface area (Å²) in [7, 11) is 0. The number of halogens is 2. The molecule has 0 aliphatic heterocycles. The molecule has 24 heavy (non-hydrogen) atoms. The molecule has 1 aliphatic rings. The third-order valence-corrected chi connectivity index (χ3v) is 5.44. The molecule has 1 aliphatic carbocycles. The third-order valence-electron chi connectivity index (χ3n) is 5.07. The fraction of sp³-hybridized carbons (Fsp3) is 0.474. The van der Waals surface area contributed by atoms with Crippen LogP contribution in [0.2, 0.25) is 5.15 Å². The molecule has 1 N–H and O–H groups in total. The fourth-order valence-corrected chi connectivity index (χ4v) is 3.81. The Labute approximate surface area is 146 Å². The van der Waals surface area contributed by atoms with Crippen molar-refractivity contribution in [3.8, 4) is 0 Å². The van der Waals surface area contributed by atoms with E-state index >= 15 is 0 Å². The first kappa shape index (κ1) is 17.2. The van der Waals surface area contributed by atoms with E-state index in [1.807, 2.05) is 0 Å². The lowest BCUT2D eigenvalue weighted by molar-refractivity contribution is 0.0920. The predicted octanol–water partition coefficient (Wildman–Crippen LogP) is 5.03. The van der Waals surface area contributed by atoms with Gasteiger partial charge in [-0.2, -0.15) is 0 Å². The molecule has 1 fully saturated rings. The van der Waals surface area contributed by atoms with E-state index in [9.17, 15) is 9.18 Å². The van der Waals surface area contributed by atoms with E-state index in [-0.39, 0.29) is 22.9 Å². The maximum Gasteiger partial charge on any atom is 0.252 e. The third kappa shape index (κ3) is 3.39. The minimum Gasteiger partial charge on any atom is -0.349 e. The minimum absolute atomic E-state index is 0.0905. The minimum atomic E-state index is -0.389. The normalized spacial score (nSPS) is 17.0. The van der Waals surface area contributed by atoms with Gasteiger partial charge >= 0.3 is 0 Å². The summed E-state index contributed by atoms with van der Waals surface area (Å²) in [5.74, 6) is -0.0887. The number of rotatable bonds is 3. The van der Waals surface area contributed by atoms with E-state index in [1.165, 1.54) is 31.4 Å². The standard InChI is InChI=1S/C19H22ClFN2O/c1-11-17(15-10-14(21)8-9-16(15)23-18(11)20)19(24)22-12(2)13-6-4-3-5-7-13/h8-10,12-13H,3-7H2,1-2H3,(H,22,24)/t12-/m0/s1. The van der Waals surface area contributed by atoms with Crippen LogP contribution in [0.4, 0.5) is 4.39 Å². The first-order valence-electron chi connectivity index (χ1n) is 8.53. The van der Waals surface area contributed by atoms with Gasteiger partial charge in [0.15, 0.2) is 0 Å². The highest BCUT2D eigenvalue weighted by atomic mass is 35.5. The number of fused-ring (bicyclic) bond motifs is 1. The number of amides is 1. The smallest absolute Gasteiger partial charge is 0.252 e. The van der Waals surface area contributed by atoms with Crippen LogP contribution in [-0.2, 0) is 0 Å². The summed E-state index contributed by atoms with van der Waals surface area (Å²) in [5.41, 5.74) is 1.54. The van der Waals surface area contributed by atoms with Gasteiger partial charge in [0.2, 0.25) is 0 Å². The lowest BCUT2D eigenvalue weighted by atomic mass is 9.84. The number of hydrogen-bond donors (Lipinski definition) is 1. The number of nitrogens with zero attached hydrogens (tertiary/aromatic N) is 1. The van der Waals surface area contributed by atoms with Crippen molar-refractivity contribution in [1.29, 1.82) is 0 Å². The Hall–Kier alpha value is -1.68. The molecule has 1 heterocycles. The van der Waals surface area contributed by atoms with Gasteiger partial charge in [0.1, 0.15) is 11.0 Å². The SMILES string of the molecule is Cc1c(Cl)nc2ccc(F)cc2c1C(=O)N[C@@H](C)C1CCCCC1. The molecule has 0 bridgehead atoms. The van der Waals surface area contributed by atoms with Crippen LogP contribution in [0.5, 0.6) is 0 Å². The molecule has 5 heteroatoms. The van der Waals surface area contributed by atoms with Crippen LogP contribution in [0.15, 0.2) is 18.2 Å². The molecular formula is C19H22ClFN2O. The Bertz CT molecular complexity index is 772. The van der Waals surface area contributed by atoms with Crippen molar-refractivity contribution in [3.63, 3.8) is 0 Å². The van der Waals surface area contributed by atoms with Crippen LogP contribution in [-0.4, -0.2) is 16.9 Å². The summed E-state index contributed by atoms with van der Waals surface area (Å²) >= 11 is 6.18. The highest BCUT2D eigenvalue weighted by Gasteiger charge is 2.24. The number of pyridine rings is 1. The van der Waals surface area contributed by atoms with Crippen LogP contribution in [0, 0.1) is 18.7 Å². The number of aromatic nitrogens is 1. The molecule has 3 nitrogen and oxygen atoms in total. The first-order valence-corrected chi connectivity index (χ1v) is 8.91. The summed E-state index contributed by atoms with van der Waals surface area (Å²) in [6.45, 7) is 3.80. The topological polar surface area (TPSA) is 42.0 Å². The summed E-state index contributed by atoms with van der Waals surface area (Å²) < 4.78 is 13.7. The molecular weight excluding hydrogens is 327 g/mol. The summed E-state index contributed by atoms with van der Waals surface area (Å²) in [6.07, 6.45) is 6.01. The highest BCUT2D eigenvalue weighted by molar-refractivity contribution is 6.31. The zero-order valence-electron chi connectivity index (χ0n) is 14.0. The molecule has 1 aromatic carbocycles. The highest BCUT2D eigenvalue weighted by Crippen LogP contribution is 2.29. The van der Waals surface area contributed by atoms with Gasteiger partial charge in [-0.05, 0) is 56.4 Å². The van der Waals surface area contributed by atoms with Crippen LogP contribution < -0.4 is 5.32 Å². The average molecular weight is 349 g/mol. The van der Waals surface area contributed by atoms with E-state index in [2.05, 4.69) is 17.2 Å². The Morgan fingerprint density at radius 1 is 1.33 bits per heavy atom. The van der Waals surface area contributed by atoms with Crippen molar-refractivity contribution in [1.82, 2.24) is 10.3 Å². The molecule has 2 aromatic rings. The molecule has 0 radical (unpaired) electrons. The Kier molecular flexibility index (Phi) is 5.04. The van der Waals surface area contributed by atoms with Gasteiger partial charge in [-0.3, -0.25) is 4.79 Å². The van der Waals surface area contributed by atoms with Gasteiger partial charge < -0.3 is 5.32 Å². The quantitative estimate of drug-likeness (QED) is 0.790. The van der Waals surface area contributed by atoms with Crippen molar-refractivity contribution in [2.75, 3.05) is 0 Å². The van der Waals surface area contributed by atoms with Gasteiger partial charge in [0, 0.05) is 11.4 Å². The molecule has 0 saturated heterocycles. The largest absolute Gasteiger partial charge is 0.349 e.